The summed E-state index contributed by atoms with van der Waals surface area (Å²) in [6.45, 7) is 0. The van der Waals surface area contributed by atoms with Crippen molar-refractivity contribution in [2.45, 2.75) is 0 Å². The number of hydrogen-bond donors (Lipinski definition) is 3. The number of aromatic carboxylic acids is 1. The Labute approximate surface area is 117 Å². The predicted octanol–water partition coefficient (Wildman–Crippen LogP) is 3.34. The van der Waals surface area contributed by atoms with E-state index in [2.05, 4.69) is 9.97 Å². The summed E-state index contributed by atoms with van der Waals surface area (Å²) < 4.78 is 0. The Bertz CT molecular complexity index is 517. The number of carboxylic acid groups (broad SMARTS) is 1. The number of anilines is 1. The maximum atomic E-state index is 10.2. The minimum absolute atomic E-state index is 0.0286. The SMILES string of the molecule is Nc1ccccc1Cl.O=C(O)c1nc(Cl)c(Cl)[nH]1. The fourth-order valence-electron chi connectivity index (χ4n) is 0.907. The largest absolute Gasteiger partial charge is 0.475 e. The Balaban J connectivity index is 0.000000184. The molecule has 0 radical (unpaired) electrons. The fraction of sp³-hybridized carbons (Fsp3) is 0. The number of benzene rings is 1. The lowest BCUT2D eigenvalue weighted by Gasteiger charge is -1.91. The Hall–Kier alpha value is -1.43. The topological polar surface area (TPSA) is 92.0 Å². The zero-order valence-corrected chi connectivity index (χ0v) is 11.1. The Morgan fingerprint density at radius 3 is 2.17 bits per heavy atom. The van der Waals surface area contributed by atoms with Crippen LogP contribution in [-0.4, -0.2) is 21.0 Å². The summed E-state index contributed by atoms with van der Waals surface area (Å²) in [7, 11) is 0. The molecule has 0 fully saturated rings. The van der Waals surface area contributed by atoms with Gasteiger partial charge in [0.05, 0.1) is 10.7 Å². The average molecular weight is 309 g/mol. The smallest absolute Gasteiger partial charge is 0.371 e. The van der Waals surface area contributed by atoms with Gasteiger partial charge in [-0.15, -0.1) is 0 Å². The third-order valence-corrected chi connectivity index (χ3v) is 2.71. The van der Waals surface area contributed by atoms with Gasteiger partial charge in [0.25, 0.3) is 0 Å². The number of nitrogen functional groups attached to an aromatic ring is 1. The maximum absolute atomic E-state index is 10.2. The molecule has 0 saturated carbocycles. The minimum Gasteiger partial charge on any atom is -0.475 e. The molecule has 1 heterocycles. The third-order valence-electron chi connectivity index (χ3n) is 1.73. The molecule has 1 aromatic carbocycles. The zero-order valence-electron chi connectivity index (χ0n) is 8.82. The first kappa shape index (κ1) is 14.6. The van der Waals surface area contributed by atoms with Crippen LogP contribution in [0.1, 0.15) is 10.6 Å². The number of imidazole rings is 1. The molecule has 0 amide bonds. The van der Waals surface area contributed by atoms with E-state index >= 15 is 0 Å². The Morgan fingerprint density at radius 1 is 1.28 bits per heavy atom. The number of aromatic amines is 1. The summed E-state index contributed by atoms with van der Waals surface area (Å²) in [5.74, 6) is -1.44. The standard InChI is InChI=1S/C6H6ClN.C4H2Cl2N2O2/c7-5-3-1-2-4-6(5)8;5-1-2(6)8-3(7-1)4(9)10/h1-4H,8H2;(H,7,8)(H,9,10). The van der Waals surface area contributed by atoms with E-state index < -0.39 is 5.97 Å². The van der Waals surface area contributed by atoms with E-state index in [0.29, 0.717) is 10.7 Å². The van der Waals surface area contributed by atoms with E-state index in [-0.39, 0.29) is 16.1 Å². The first-order valence-corrected chi connectivity index (χ1v) is 5.69. The lowest BCUT2D eigenvalue weighted by Crippen LogP contribution is -1.97. The Morgan fingerprint density at radius 2 is 1.89 bits per heavy atom. The van der Waals surface area contributed by atoms with Crippen LogP contribution in [-0.2, 0) is 0 Å². The van der Waals surface area contributed by atoms with E-state index in [1.807, 2.05) is 12.1 Å². The van der Waals surface area contributed by atoms with Crippen molar-refractivity contribution in [1.29, 1.82) is 0 Å². The van der Waals surface area contributed by atoms with E-state index in [0.717, 1.165) is 0 Å². The highest BCUT2D eigenvalue weighted by molar-refractivity contribution is 6.40. The van der Waals surface area contributed by atoms with Crippen molar-refractivity contribution in [2.75, 3.05) is 5.73 Å². The molecule has 0 bridgehead atoms. The molecule has 18 heavy (non-hydrogen) atoms. The van der Waals surface area contributed by atoms with E-state index in [1.165, 1.54) is 0 Å². The highest BCUT2D eigenvalue weighted by Gasteiger charge is 2.10. The lowest BCUT2D eigenvalue weighted by atomic mass is 10.3. The highest BCUT2D eigenvalue weighted by atomic mass is 35.5. The molecule has 2 aromatic rings. The van der Waals surface area contributed by atoms with Crippen molar-refractivity contribution in [1.82, 2.24) is 9.97 Å². The van der Waals surface area contributed by atoms with Gasteiger partial charge in [-0.1, -0.05) is 46.9 Å². The van der Waals surface area contributed by atoms with Gasteiger partial charge in [0.15, 0.2) is 5.15 Å². The second-order valence-corrected chi connectivity index (χ2v) is 4.16. The van der Waals surface area contributed by atoms with Gasteiger partial charge >= 0.3 is 5.97 Å². The number of para-hydroxylation sites is 1. The molecular weight excluding hydrogens is 300 g/mol. The molecule has 1 aromatic heterocycles. The summed E-state index contributed by atoms with van der Waals surface area (Å²) in [4.78, 5) is 15.8. The van der Waals surface area contributed by atoms with Crippen molar-refractivity contribution in [2.24, 2.45) is 0 Å². The molecule has 8 heteroatoms. The molecule has 0 atom stereocenters. The number of nitrogens with two attached hydrogens (primary N) is 1. The molecule has 5 nitrogen and oxygen atoms in total. The van der Waals surface area contributed by atoms with Gasteiger partial charge in [-0.25, -0.2) is 9.78 Å². The molecule has 0 unspecified atom stereocenters. The van der Waals surface area contributed by atoms with Crippen LogP contribution in [0.3, 0.4) is 0 Å². The number of aromatic nitrogens is 2. The van der Waals surface area contributed by atoms with Gasteiger partial charge < -0.3 is 15.8 Å². The predicted molar refractivity (Wildman–Crippen MR) is 71.4 cm³/mol. The summed E-state index contributed by atoms with van der Waals surface area (Å²) in [6.07, 6.45) is 0. The van der Waals surface area contributed by atoms with Crippen LogP contribution in [0.5, 0.6) is 0 Å². The molecule has 0 aliphatic carbocycles. The fourth-order valence-corrected chi connectivity index (χ4v) is 1.31. The number of nitrogens with zero attached hydrogens (tertiary/aromatic N) is 1. The minimum atomic E-state index is -1.19. The van der Waals surface area contributed by atoms with Crippen LogP contribution in [0.25, 0.3) is 0 Å². The van der Waals surface area contributed by atoms with E-state index in [4.69, 9.17) is 45.6 Å². The molecule has 96 valence electrons. The molecule has 0 aliphatic heterocycles. The van der Waals surface area contributed by atoms with Crippen LogP contribution in [0.15, 0.2) is 24.3 Å². The highest BCUT2D eigenvalue weighted by Crippen LogP contribution is 2.17. The van der Waals surface area contributed by atoms with Crippen LogP contribution in [0.2, 0.25) is 15.3 Å². The van der Waals surface area contributed by atoms with Crippen LogP contribution < -0.4 is 5.73 Å². The zero-order chi connectivity index (χ0) is 13.7. The van der Waals surface area contributed by atoms with Crippen LogP contribution >= 0.6 is 34.8 Å². The van der Waals surface area contributed by atoms with Crippen LogP contribution in [0, 0.1) is 0 Å². The van der Waals surface area contributed by atoms with Gasteiger partial charge in [0.2, 0.25) is 5.82 Å². The van der Waals surface area contributed by atoms with Crippen molar-refractivity contribution in [3.8, 4) is 0 Å². The van der Waals surface area contributed by atoms with E-state index in [1.54, 1.807) is 12.1 Å². The Kier molecular flexibility index (Phi) is 5.27. The lowest BCUT2D eigenvalue weighted by molar-refractivity contribution is 0.0685. The van der Waals surface area contributed by atoms with Gasteiger partial charge in [-0.05, 0) is 12.1 Å². The van der Waals surface area contributed by atoms with Crippen molar-refractivity contribution < 1.29 is 9.90 Å². The number of H-pyrrole nitrogens is 1. The second-order valence-electron chi connectivity index (χ2n) is 3.02. The van der Waals surface area contributed by atoms with Gasteiger partial charge in [0.1, 0.15) is 5.15 Å². The monoisotopic (exact) mass is 307 g/mol. The number of carboxylic acids is 1. The molecule has 0 aliphatic rings. The summed E-state index contributed by atoms with van der Waals surface area (Å²) in [6, 6.07) is 7.22. The molecule has 0 saturated heterocycles. The van der Waals surface area contributed by atoms with E-state index in [9.17, 15) is 4.79 Å². The maximum Gasteiger partial charge on any atom is 0.371 e. The van der Waals surface area contributed by atoms with Crippen LogP contribution in [0.4, 0.5) is 5.69 Å². The van der Waals surface area contributed by atoms with Gasteiger partial charge in [-0.2, -0.15) is 0 Å². The molecule has 2 rings (SSSR count). The van der Waals surface area contributed by atoms with Gasteiger partial charge in [0, 0.05) is 0 Å². The molecule has 4 N–H and O–H groups in total. The number of nitrogens with one attached hydrogen (secondary N) is 1. The summed E-state index contributed by atoms with van der Waals surface area (Å²) in [5.41, 5.74) is 6.02. The first-order chi connectivity index (χ1) is 8.41. The quantitative estimate of drug-likeness (QED) is 0.704. The molecular formula is C10H8Cl3N3O2. The number of carbonyl (C=O) groups is 1. The van der Waals surface area contributed by atoms with Crippen molar-refractivity contribution in [3.63, 3.8) is 0 Å². The number of hydrogen-bond acceptors (Lipinski definition) is 3. The van der Waals surface area contributed by atoms with Crippen molar-refractivity contribution in [3.05, 3.63) is 45.4 Å². The first-order valence-electron chi connectivity index (χ1n) is 4.56. The normalized spacial score (nSPS) is 9.50. The molecule has 0 spiro atoms. The third kappa shape index (κ3) is 4.10. The number of rotatable bonds is 1. The van der Waals surface area contributed by atoms with Crippen molar-refractivity contribution >= 4 is 46.5 Å². The number of halogens is 3. The second kappa shape index (κ2) is 6.49. The van der Waals surface area contributed by atoms with Gasteiger partial charge in [-0.3, -0.25) is 0 Å². The summed E-state index contributed by atoms with van der Waals surface area (Å²) >= 11 is 16.3. The average Bonchev–Trinajstić information content (AvgIpc) is 2.65. The summed E-state index contributed by atoms with van der Waals surface area (Å²) in [5, 5.41) is 8.94.